The number of hydrogen-bond acceptors (Lipinski definition) is 5. The summed E-state index contributed by atoms with van der Waals surface area (Å²) in [6.07, 6.45) is 0.839. The van der Waals surface area contributed by atoms with Crippen molar-refractivity contribution in [3.8, 4) is 0 Å². The summed E-state index contributed by atoms with van der Waals surface area (Å²) in [5.41, 5.74) is 1.26. The summed E-state index contributed by atoms with van der Waals surface area (Å²) < 4.78 is 14.2. The van der Waals surface area contributed by atoms with Crippen LogP contribution in [0.4, 0.5) is 4.39 Å². The van der Waals surface area contributed by atoms with E-state index in [4.69, 9.17) is 0 Å². The van der Waals surface area contributed by atoms with E-state index >= 15 is 0 Å². The number of amides is 1. The van der Waals surface area contributed by atoms with Crippen LogP contribution in [0.25, 0.3) is 10.9 Å². The van der Waals surface area contributed by atoms with Crippen LogP contribution in [-0.4, -0.2) is 56.9 Å². The summed E-state index contributed by atoms with van der Waals surface area (Å²) in [5.74, 6) is -0.381. The molecule has 1 amide bonds. The quantitative estimate of drug-likeness (QED) is 0.672. The normalized spacial score (nSPS) is 15.4. The maximum absolute atomic E-state index is 13.1. The van der Waals surface area contributed by atoms with Crippen LogP contribution in [0.2, 0.25) is 0 Å². The van der Waals surface area contributed by atoms with Crippen molar-refractivity contribution >= 4 is 16.8 Å². The van der Waals surface area contributed by atoms with E-state index in [-0.39, 0.29) is 23.8 Å². The van der Waals surface area contributed by atoms with Gasteiger partial charge in [-0.3, -0.25) is 14.5 Å². The molecule has 2 aromatic carbocycles. The number of halogens is 1. The molecule has 3 aromatic rings. The van der Waals surface area contributed by atoms with Gasteiger partial charge in [-0.15, -0.1) is 5.10 Å². The second-order valence-electron chi connectivity index (χ2n) is 7.21. The van der Waals surface area contributed by atoms with Crippen LogP contribution in [0.15, 0.2) is 53.3 Å². The highest BCUT2D eigenvalue weighted by molar-refractivity contribution is 5.78. The SMILES string of the molecule is O=C(Cn1nnc2ccccc2c1=O)N1CCCN(Cc2ccc(F)cc2)CC1. The third-order valence-electron chi connectivity index (χ3n) is 5.18. The second-order valence-corrected chi connectivity index (χ2v) is 7.21. The first-order chi connectivity index (χ1) is 14.1. The summed E-state index contributed by atoms with van der Waals surface area (Å²) in [7, 11) is 0. The van der Waals surface area contributed by atoms with Crippen molar-refractivity contribution in [1.82, 2.24) is 24.8 Å². The Bertz CT molecular complexity index is 1070. The number of hydrogen-bond donors (Lipinski definition) is 0. The Morgan fingerprint density at radius 3 is 2.62 bits per heavy atom. The van der Waals surface area contributed by atoms with Gasteiger partial charge in [0.05, 0.1) is 5.39 Å². The standard InChI is InChI=1S/C21H22FN5O2/c22-17-8-6-16(7-9-17)14-25-10-3-11-26(13-12-25)20(28)15-27-21(29)18-4-1-2-5-19(18)23-24-27/h1-2,4-9H,3,10-15H2. The van der Waals surface area contributed by atoms with Gasteiger partial charge < -0.3 is 4.90 Å². The van der Waals surface area contributed by atoms with E-state index in [1.54, 1.807) is 41.3 Å². The minimum absolute atomic E-state index is 0.116. The average Bonchev–Trinajstić information content (AvgIpc) is 2.98. The number of benzene rings is 2. The molecule has 7 nitrogen and oxygen atoms in total. The van der Waals surface area contributed by atoms with Crippen LogP contribution in [0.1, 0.15) is 12.0 Å². The zero-order chi connectivity index (χ0) is 20.2. The Kier molecular flexibility index (Phi) is 5.62. The molecular formula is C21H22FN5O2. The molecule has 0 bridgehead atoms. The first-order valence-corrected chi connectivity index (χ1v) is 9.67. The van der Waals surface area contributed by atoms with Crippen molar-refractivity contribution < 1.29 is 9.18 Å². The van der Waals surface area contributed by atoms with Crippen LogP contribution < -0.4 is 5.56 Å². The monoisotopic (exact) mass is 395 g/mol. The van der Waals surface area contributed by atoms with Crippen molar-refractivity contribution in [2.75, 3.05) is 26.2 Å². The lowest BCUT2D eigenvalue weighted by Crippen LogP contribution is -2.39. The maximum atomic E-state index is 13.1. The van der Waals surface area contributed by atoms with Gasteiger partial charge in [-0.2, -0.15) is 0 Å². The smallest absolute Gasteiger partial charge is 0.278 e. The van der Waals surface area contributed by atoms with Crippen LogP contribution in [0, 0.1) is 5.82 Å². The molecule has 0 aliphatic carbocycles. The second kappa shape index (κ2) is 8.48. The largest absolute Gasteiger partial charge is 0.340 e. The Morgan fingerprint density at radius 1 is 1.00 bits per heavy atom. The van der Waals surface area contributed by atoms with Gasteiger partial charge in [0.25, 0.3) is 5.56 Å². The lowest BCUT2D eigenvalue weighted by Gasteiger charge is -2.22. The van der Waals surface area contributed by atoms with E-state index in [1.165, 1.54) is 12.1 Å². The molecule has 0 unspecified atom stereocenters. The van der Waals surface area contributed by atoms with E-state index in [0.29, 0.717) is 24.0 Å². The van der Waals surface area contributed by atoms with Gasteiger partial charge in [0.15, 0.2) is 0 Å². The summed E-state index contributed by atoms with van der Waals surface area (Å²) in [5, 5.41) is 8.39. The molecule has 1 aliphatic rings. The van der Waals surface area contributed by atoms with E-state index in [9.17, 15) is 14.0 Å². The van der Waals surface area contributed by atoms with Gasteiger partial charge >= 0.3 is 0 Å². The highest BCUT2D eigenvalue weighted by Crippen LogP contribution is 2.11. The van der Waals surface area contributed by atoms with E-state index in [0.717, 1.165) is 36.3 Å². The van der Waals surface area contributed by atoms with Crippen molar-refractivity contribution in [2.45, 2.75) is 19.5 Å². The summed E-state index contributed by atoms with van der Waals surface area (Å²) >= 11 is 0. The molecular weight excluding hydrogens is 373 g/mol. The van der Waals surface area contributed by atoms with Gasteiger partial charge in [-0.05, 0) is 36.2 Å². The predicted molar refractivity (Wildman–Crippen MR) is 107 cm³/mol. The lowest BCUT2D eigenvalue weighted by molar-refractivity contribution is -0.132. The number of carbonyl (C=O) groups excluding carboxylic acids is 1. The van der Waals surface area contributed by atoms with E-state index < -0.39 is 0 Å². The first kappa shape index (κ1) is 19.2. The highest BCUT2D eigenvalue weighted by Gasteiger charge is 2.20. The molecule has 4 rings (SSSR count). The third-order valence-corrected chi connectivity index (χ3v) is 5.18. The summed E-state index contributed by atoms with van der Waals surface area (Å²) in [6.45, 7) is 3.40. The number of aromatic nitrogens is 3. The zero-order valence-corrected chi connectivity index (χ0v) is 16.0. The molecule has 0 N–H and O–H groups in total. The zero-order valence-electron chi connectivity index (χ0n) is 16.0. The summed E-state index contributed by atoms with van der Waals surface area (Å²) in [4.78, 5) is 29.3. The van der Waals surface area contributed by atoms with Gasteiger partial charge in [0, 0.05) is 32.7 Å². The topological polar surface area (TPSA) is 71.3 Å². The molecule has 0 spiro atoms. The van der Waals surface area contributed by atoms with Crippen LogP contribution >= 0.6 is 0 Å². The van der Waals surface area contributed by atoms with E-state index in [2.05, 4.69) is 15.2 Å². The van der Waals surface area contributed by atoms with Gasteiger partial charge in [0.1, 0.15) is 17.9 Å². The Morgan fingerprint density at radius 2 is 1.79 bits per heavy atom. The molecule has 2 heterocycles. The van der Waals surface area contributed by atoms with Crippen LogP contribution in [0.5, 0.6) is 0 Å². The number of rotatable bonds is 4. The van der Waals surface area contributed by atoms with Gasteiger partial charge in [0.2, 0.25) is 5.91 Å². The molecule has 29 heavy (non-hydrogen) atoms. The fraction of sp³-hybridized carbons (Fsp3) is 0.333. The number of nitrogens with zero attached hydrogens (tertiary/aromatic N) is 5. The maximum Gasteiger partial charge on any atom is 0.278 e. The summed E-state index contributed by atoms with van der Waals surface area (Å²) in [6, 6.07) is 13.5. The fourth-order valence-corrected chi connectivity index (χ4v) is 3.58. The molecule has 1 saturated heterocycles. The molecule has 150 valence electrons. The Balaban J connectivity index is 1.39. The van der Waals surface area contributed by atoms with E-state index in [1.807, 2.05) is 0 Å². The molecule has 0 radical (unpaired) electrons. The van der Waals surface area contributed by atoms with Crippen molar-refractivity contribution in [3.63, 3.8) is 0 Å². The molecule has 1 fully saturated rings. The molecule has 0 saturated carbocycles. The first-order valence-electron chi connectivity index (χ1n) is 9.67. The minimum atomic E-state index is -0.309. The average molecular weight is 395 g/mol. The Hall–Kier alpha value is -3.13. The molecule has 8 heteroatoms. The fourth-order valence-electron chi connectivity index (χ4n) is 3.58. The lowest BCUT2D eigenvalue weighted by atomic mass is 10.2. The minimum Gasteiger partial charge on any atom is -0.340 e. The van der Waals surface area contributed by atoms with Crippen LogP contribution in [-0.2, 0) is 17.9 Å². The molecule has 1 aliphatic heterocycles. The van der Waals surface area contributed by atoms with Gasteiger partial charge in [-0.25, -0.2) is 9.07 Å². The van der Waals surface area contributed by atoms with Crippen molar-refractivity contribution in [2.24, 2.45) is 0 Å². The number of fused-ring (bicyclic) bond motifs is 1. The number of carbonyl (C=O) groups is 1. The van der Waals surface area contributed by atoms with Gasteiger partial charge in [-0.1, -0.05) is 29.5 Å². The van der Waals surface area contributed by atoms with Crippen LogP contribution in [0.3, 0.4) is 0 Å². The molecule has 1 aromatic heterocycles. The van der Waals surface area contributed by atoms with Crippen molar-refractivity contribution in [1.29, 1.82) is 0 Å². The highest BCUT2D eigenvalue weighted by atomic mass is 19.1. The van der Waals surface area contributed by atoms with Crippen molar-refractivity contribution in [3.05, 3.63) is 70.3 Å². The predicted octanol–water partition coefficient (Wildman–Crippen LogP) is 1.67. The third kappa shape index (κ3) is 4.48. The Labute approximate surface area is 167 Å². The molecule has 0 atom stereocenters.